The summed E-state index contributed by atoms with van der Waals surface area (Å²) in [4.78, 5) is 0. The molecule has 0 saturated carbocycles. The Kier molecular flexibility index (Phi) is 4.71. The smallest absolute Gasteiger partial charge is 0.129 e. The van der Waals surface area contributed by atoms with Crippen molar-refractivity contribution in [3.63, 3.8) is 0 Å². The first-order valence-corrected chi connectivity index (χ1v) is 8.95. The largest absolute Gasteiger partial charge is 0.207 e. The Morgan fingerprint density at radius 3 is 2.33 bits per heavy atom. The van der Waals surface area contributed by atoms with E-state index < -0.39 is 0 Å². The summed E-state index contributed by atoms with van der Waals surface area (Å²) in [6.07, 6.45) is 0. The van der Waals surface area contributed by atoms with Gasteiger partial charge in [-0.1, -0.05) is 42.8 Å². The third-order valence-electron chi connectivity index (χ3n) is 3.34. The first-order valence-electron chi connectivity index (χ1n) is 6.06. The van der Waals surface area contributed by atoms with Crippen molar-refractivity contribution in [3.05, 3.63) is 34.1 Å². The van der Waals surface area contributed by atoms with Gasteiger partial charge in [0.1, 0.15) is 5.82 Å². The molecule has 1 aromatic carbocycles. The van der Waals surface area contributed by atoms with Gasteiger partial charge < -0.3 is 0 Å². The molecule has 18 heavy (non-hydrogen) atoms. The number of rotatable bonds is 1. The number of thioether (sulfide) groups is 2. The van der Waals surface area contributed by atoms with Crippen molar-refractivity contribution in [2.75, 3.05) is 11.5 Å². The summed E-state index contributed by atoms with van der Waals surface area (Å²) in [7, 11) is 0. The molecule has 0 nitrogen and oxygen atoms in total. The molecule has 1 aliphatic heterocycles. The average Bonchev–Trinajstić information content (AvgIpc) is 2.28. The summed E-state index contributed by atoms with van der Waals surface area (Å²) in [6, 6.07) is 5.39. The lowest BCUT2D eigenvalue weighted by Crippen LogP contribution is -2.28. The fourth-order valence-corrected chi connectivity index (χ4v) is 6.01. The maximum absolute atomic E-state index is 13.9. The standard InChI is InChI=1S/C14H18BrFS2/c1-14(2,3)9-7-17-13(18-8-9)11-5-4-10(15)6-12(11)16/h4-6,9,13H,7-8H2,1-3H3/t9-,13-. The first-order chi connectivity index (χ1) is 8.38. The van der Waals surface area contributed by atoms with E-state index in [2.05, 4.69) is 36.7 Å². The van der Waals surface area contributed by atoms with Crippen LogP contribution in [0.3, 0.4) is 0 Å². The molecule has 0 radical (unpaired) electrons. The van der Waals surface area contributed by atoms with E-state index in [4.69, 9.17) is 0 Å². The van der Waals surface area contributed by atoms with Crippen molar-refractivity contribution in [2.45, 2.75) is 25.4 Å². The van der Waals surface area contributed by atoms with E-state index in [1.54, 1.807) is 6.07 Å². The van der Waals surface area contributed by atoms with Crippen LogP contribution in [0.1, 0.15) is 30.9 Å². The molecule has 1 aromatic rings. The normalized spacial score (nSPS) is 25.2. The van der Waals surface area contributed by atoms with Gasteiger partial charge >= 0.3 is 0 Å². The minimum atomic E-state index is -0.0939. The molecule has 100 valence electrons. The van der Waals surface area contributed by atoms with Gasteiger partial charge in [0.25, 0.3) is 0 Å². The Morgan fingerprint density at radius 2 is 1.83 bits per heavy atom. The van der Waals surface area contributed by atoms with E-state index in [1.807, 2.05) is 35.7 Å². The highest BCUT2D eigenvalue weighted by molar-refractivity contribution is 9.10. The molecule has 1 fully saturated rings. The van der Waals surface area contributed by atoms with Gasteiger partial charge in [0.05, 0.1) is 4.58 Å². The van der Waals surface area contributed by atoms with Crippen molar-refractivity contribution in [1.82, 2.24) is 0 Å². The lowest BCUT2D eigenvalue weighted by Gasteiger charge is -2.36. The minimum Gasteiger partial charge on any atom is -0.207 e. The molecule has 1 aliphatic rings. The van der Waals surface area contributed by atoms with Crippen LogP contribution in [0.25, 0.3) is 0 Å². The van der Waals surface area contributed by atoms with Crippen LogP contribution in [0, 0.1) is 17.2 Å². The Hall–Kier alpha value is 0.330. The number of halogens is 2. The Labute approximate surface area is 126 Å². The van der Waals surface area contributed by atoms with Crippen molar-refractivity contribution < 1.29 is 4.39 Å². The maximum atomic E-state index is 13.9. The first kappa shape index (κ1) is 14.7. The van der Waals surface area contributed by atoms with Gasteiger partial charge in [-0.2, -0.15) is 0 Å². The highest BCUT2D eigenvalue weighted by Gasteiger charge is 2.31. The minimum absolute atomic E-state index is 0.0939. The molecule has 2 rings (SSSR count). The molecule has 0 amide bonds. The van der Waals surface area contributed by atoms with Gasteiger partial charge in [-0.05, 0) is 35.0 Å². The van der Waals surface area contributed by atoms with Crippen molar-refractivity contribution >= 4 is 39.5 Å². The molecule has 0 N–H and O–H groups in total. The van der Waals surface area contributed by atoms with E-state index in [-0.39, 0.29) is 10.4 Å². The fourth-order valence-electron chi connectivity index (χ4n) is 1.88. The second kappa shape index (κ2) is 5.76. The average molecular weight is 349 g/mol. The lowest BCUT2D eigenvalue weighted by atomic mass is 9.83. The fraction of sp³-hybridized carbons (Fsp3) is 0.571. The number of hydrogen-bond donors (Lipinski definition) is 0. The molecule has 0 aromatic heterocycles. The van der Waals surface area contributed by atoms with Crippen LogP contribution < -0.4 is 0 Å². The molecule has 0 atom stereocenters. The zero-order valence-electron chi connectivity index (χ0n) is 10.9. The highest BCUT2D eigenvalue weighted by atomic mass is 79.9. The van der Waals surface area contributed by atoms with Gasteiger partial charge in [0.2, 0.25) is 0 Å². The summed E-state index contributed by atoms with van der Waals surface area (Å²) in [6.45, 7) is 6.87. The van der Waals surface area contributed by atoms with Crippen LogP contribution in [0.15, 0.2) is 22.7 Å². The molecule has 0 bridgehead atoms. The van der Waals surface area contributed by atoms with Gasteiger partial charge in [0, 0.05) is 10.0 Å². The van der Waals surface area contributed by atoms with E-state index in [9.17, 15) is 4.39 Å². The predicted octanol–water partition coefficient (Wildman–Crippen LogP) is 5.73. The number of hydrogen-bond acceptors (Lipinski definition) is 2. The van der Waals surface area contributed by atoms with E-state index in [0.29, 0.717) is 11.3 Å². The van der Waals surface area contributed by atoms with Crippen LogP contribution >= 0.6 is 39.5 Å². The molecular weight excluding hydrogens is 331 g/mol. The van der Waals surface area contributed by atoms with Gasteiger partial charge in [-0.15, -0.1) is 23.5 Å². The molecular formula is C14H18BrFS2. The van der Waals surface area contributed by atoms with Gasteiger partial charge in [-0.3, -0.25) is 0 Å². The van der Waals surface area contributed by atoms with Crippen molar-refractivity contribution in [3.8, 4) is 0 Å². The third-order valence-corrected chi connectivity index (χ3v) is 6.95. The van der Waals surface area contributed by atoms with Crippen molar-refractivity contribution in [2.24, 2.45) is 11.3 Å². The second-order valence-corrected chi connectivity index (χ2v) is 9.22. The Balaban J connectivity index is 2.06. The van der Waals surface area contributed by atoms with Crippen LogP contribution in [0.4, 0.5) is 4.39 Å². The summed E-state index contributed by atoms with van der Waals surface area (Å²) >= 11 is 7.06. The molecule has 1 saturated heterocycles. The van der Waals surface area contributed by atoms with E-state index >= 15 is 0 Å². The van der Waals surface area contributed by atoms with Crippen LogP contribution in [0.2, 0.25) is 0 Å². The van der Waals surface area contributed by atoms with Crippen LogP contribution in [-0.2, 0) is 0 Å². The zero-order chi connectivity index (χ0) is 13.3. The Morgan fingerprint density at radius 1 is 1.22 bits per heavy atom. The summed E-state index contributed by atoms with van der Waals surface area (Å²) in [5.74, 6) is 2.86. The number of benzene rings is 1. The molecule has 0 unspecified atom stereocenters. The lowest BCUT2D eigenvalue weighted by molar-refractivity contribution is 0.292. The monoisotopic (exact) mass is 348 g/mol. The molecule has 0 aliphatic carbocycles. The third kappa shape index (κ3) is 3.45. The van der Waals surface area contributed by atoms with Gasteiger partial charge in [-0.25, -0.2) is 4.39 Å². The molecule has 1 heterocycles. The second-order valence-electron chi connectivity index (χ2n) is 5.73. The highest BCUT2D eigenvalue weighted by Crippen LogP contribution is 2.49. The maximum Gasteiger partial charge on any atom is 0.129 e. The predicted molar refractivity (Wildman–Crippen MR) is 84.7 cm³/mol. The van der Waals surface area contributed by atoms with E-state index in [1.165, 1.54) is 0 Å². The zero-order valence-corrected chi connectivity index (χ0v) is 14.1. The molecule has 0 spiro atoms. The quantitative estimate of drug-likeness (QED) is 0.635. The van der Waals surface area contributed by atoms with Crippen LogP contribution in [-0.4, -0.2) is 11.5 Å². The Bertz CT molecular complexity index is 420. The van der Waals surface area contributed by atoms with Gasteiger partial charge in [0.15, 0.2) is 0 Å². The topological polar surface area (TPSA) is 0 Å². The SMILES string of the molecule is CC(C)(C)[C@H]1CS[C@H](c2ccc(Br)cc2F)SC1. The summed E-state index contributed by atoms with van der Waals surface area (Å²) < 4.78 is 15.0. The van der Waals surface area contributed by atoms with Crippen LogP contribution in [0.5, 0.6) is 0 Å². The van der Waals surface area contributed by atoms with Crippen molar-refractivity contribution in [1.29, 1.82) is 0 Å². The molecule has 4 heteroatoms. The summed E-state index contributed by atoms with van der Waals surface area (Å²) in [5.41, 5.74) is 1.18. The van der Waals surface area contributed by atoms with E-state index in [0.717, 1.165) is 21.5 Å². The summed E-state index contributed by atoms with van der Waals surface area (Å²) in [5, 5.41) is 0.